The zero-order valence-corrected chi connectivity index (χ0v) is 11.2. The maximum Gasteiger partial charge on any atom is 0.326 e. The minimum Gasteiger partial charge on any atom is -0.480 e. The Morgan fingerprint density at radius 2 is 2.06 bits per heavy atom. The molecule has 1 N–H and O–H groups in total. The molecule has 0 aromatic carbocycles. The summed E-state index contributed by atoms with van der Waals surface area (Å²) in [4.78, 5) is 29.1. The molecule has 0 saturated heterocycles. The van der Waals surface area contributed by atoms with E-state index in [9.17, 15) is 9.59 Å². The lowest BCUT2D eigenvalue weighted by Crippen LogP contribution is -2.41. The second-order valence-electron chi connectivity index (χ2n) is 3.83. The Kier molecular flexibility index (Phi) is 4.22. The molecular weight excluding hydrogens is 240 g/mol. The van der Waals surface area contributed by atoms with E-state index in [0.29, 0.717) is 17.0 Å². The van der Waals surface area contributed by atoms with Gasteiger partial charge in [0.2, 0.25) is 0 Å². The summed E-state index contributed by atoms with van der Waals surface area (Å²) in [7, 11) is 1.51. The van der Waals surface area contributed by atoms with E-state index < -0.39 is 12.0 Å². The number of carboxylic acids is 1. The van der Waals surface area contributed by atoms with Crippen LogP contribution in [0.1, 0.15) is 33.7 Å². The molecule has 0 radical (unpaired) electrons. The van der Waals surface area contributed by atoms with Crippen molar-refractivity contribution in [2.45, 2.75) is 33.2 Å². The summed E-state index contributed by atoms with van der Waals surface area (Å²) < 4.78 is 0. The van der Waals surface area contributed by atoms with Crippen molar-refractivity contribution < 1.29 is 14.7 Å². The van der Waals surface area contributed by atoms with E-state index in [1.807, 2.05) is 6.92 Å². The fraction of sp³-hybridized carbons (Fsp3) is 0.545. The molecule has 1 amide bonds. The first-order valence-electron chi connectivity index (χ1n) is 5.32. The van der Waals surface area contributed by atoms with Gasteiger partial charge in [-0.25, -0.2) is 9.78 Å². The Hall–Kier alpha value is -1.43. The van der Waals surface area contributed by atoms with Gasteiger partial charge in [0.15, 0.2) is 0 Å². The number of carboxylic acid groups (broad SMARTS) is 1. The standard InChI is InChI=1S/C11H16N2O3S/c1-5-8(11(15)16)13(4)10(14)9-6(2)12-7(3)17-9/h8H,5H2,1-4H3,(H,15,16). The van der Waals surface area contributed by atoms with Gasteiger partial charge in [-0.2, -0.15) is 0 Å². The van der Waals surface area contributed by atoms with Crippen LogP contribution in [-0.4, -0.2) is 40.0 Å². The van der Waals surface area contributed by atoms with Crippen LogP contribution in [0, 0.1) is 13.8 Å². The molecule has 94 valence electrons. The Morgan fingerprint density at radius 1 is 1.47 bits per heavy atom. The number of amides is 1. The maximum atomic E-state index is 12.1. The van der Waals surface area contributed by atoms with Crippen LogP contribution in [0.4, 0.5) is 0 Å². The van der Waals surface area contributed by atoms with Crippen molar-refractivity contribution in [3.05, 3.63) is 15.6 Å². The predicted octanol–water partition coefficient (Wildman–Crippen LogP) is 1.70. The average Bonchev–Trinajstić information content (AvgIpc) is 2.57. The number of aromatic nitrogens is 1. The number of aliphatic carboxylic acids is 1. The summed E-state index contributed by atoms with van der Waals surface area (Å²) in [5, 5.41) is 9.82. The van der Waals surface area contributed by atoms with Crippen molar-refractivity contribution in [3.8, 4) is 0 Å². The summed E-state index contributed by atoms with van der Waals surface area (Å²) in [5.41, 5.74) is 0.657. The number of thiazole rings is 1. The van der Waals surface area contributed by atoms with Gasteiger partial charge in [0, 0.05) is 7.05 Å². The zero-order valence-electron chi connectivity index (χ0n) is 10.4. The second-order valence-corrected chi connectivity index (χ2v) is 5.03. The molecule has 0 spiro atoms. The van der Waals surface area contributed by atoms with Gasteiger partial charge < -0.3 is 10.0 Å². The number of rotatable bonds is 4. The fourth-order valence-corrected chi connectivity index (χ4v) is 2.55. The topological polar surface area (TPSA) is 70.5 Å². The molecule has 1 atom stereocenters. The lowest BCUT2D eigenvalue weighted by atomic mass is 10.2. The third-order valence-electron chi connectivity index (χ3n) is 2.56. The van der Waals surface area contributed by atoms with Crippen molar-refractivity contribution in [3.63, 3.8) is 0 Å². The van der Waals surface area contributed by atoms with Gasteiger partial charge in [0.1, 0.15) is 10.9 Å². The van der Waals surface area contributed by atoms with Crippen LogP contribution in [0.3, 0.4) is 0 Å². The summed E-state index contributed by atoms with van der Waals surface area (Å²) in [5.74, 6) is -1.26. The van der Waals surface area contributed by atoms with Crippen LogP contribution in [0.2, 0.25) is 0 Å². The molecule has 1 aromatic heterocycles. The first-order valence-corrected chi connectivity index (χ1v) is 6.14. The fourth-order valence-electron chi connectivity index (χ4n) is 1.65. The van der Waals surface area contributed by atoms with Crippen LogP contribution in [0.15, 0.2) is 0 Å². The highest BCUT2D eigenvalue weighted by molar-refractivity contribution is 7.13. The quantitative estimate of drug-likeness (QED) is 0.890. The molecule has 6 heteroatoms. The van der Waals surface area contributed by atoms with Gasteiger partial charge in [-0.1, -0.05) is 6.92 Å². The molecule has 0 aliphatic carbocycles. The number of aryl methyl sites for hydroxylation is 2. The number of hydrogen-bond acceptors (Lipinski definition) is 4. The normalized spacial score (nSPS) is 12.2. The molecular formula is C11H16N2O3S. The molecule has 17 heavy (non-hydrogen) atoms. The van der Waals surface area contributed by atoms with Gasteiger partial charge in [-0.3, -0.25) is 4.79 Å². The molecule has 1 rings (SSSR count). The summed E-state index contributed by atoms with van der Waals surface area (Å²) in [6, 6.07) is -0.788. The Morgan fingerprint density at radius 3 is 2.41 bits per heavy atom. The number of carbonyl (C=O) groups excluding carboxylic acids is 1. The summed E-state index contributed by atoms with van der Waals surface area (Å²) >= 11 is 1.30. The van der Waals surface area contributed by atoms with Gasteiger partial charge in [0.25, 0.3) is 5.91 Å². The molecule has 0 bridgehead atoms. The first-order chi connectivity index (χ1) is 7.88. The zero-order chi connectivity index (χ0) is 13.2. The second kappa shape index (κ2) is 5.27. The Labute approximate surface area is 104 Å². The van der Waals surface area contributed by atoms with Gasteiger partial charge in [0.05, 0.1) is 10.7 Å². The number of likely N-dealkylation sites (N-methyl/N-ethyl adjacent to an activating group) is 1. The van der Waals surface area contributed by atoms with Crippen LogP contribution >= 0.6 is 11.3 Å². The van der Waals surface area contributed by atoms with Crippen molar-refractivity contribution in [1.29, 1.82) is 0 Å². The van der Waals surface area contributed by atoms with E-state index in [0.717, 1.165) is 5.01 Å². The van der Waals surface area contributed by atoms with Gasteiger partial charge in [-0.05, 0) is 20.3 Å². The van der Waals surface area contributed by atoms with E-state index in [1.54, 1.807) is 13.8 Å². The van der Waals surface area contributed by atoms with Crippen LogP contribution in [-0.2, 0) is 4.79 Å². The number of hydrogen-bond donors (Lipinski definition) is 1. The SMILES string of the molecule is CCC(C(=O)O)N(C)C(=O)c1sc(C)nc1C. The molecule has 0 fully saturated rings. The van der Waals surface area contributed by atoms with Crippen LogP contribution < -0.4 is 0 Å². The molecule has 1 aromatic rings. The third-order valence-corrected chi connectivity index (χ3v) is 3.62. The van der Waals surface area contributed by atoms with Gasteiger partial charge in [-0.15, -0.1) is 11.3 Å². The lowest BCUT2D eigenvalue weighted by Gasteiger charge is -2.23. The van der Waals surface area contributed by atoms with E-state index in [1.165, 1.54) is 23.3 Å². The molecule has 0 aliphatic heterocycles. The van der Waals surface area contributed by atoms with Crippen LogP contribution in [0.5, 0.6) is 0 Å². The van der Waals surface area contributed by atoms with Crippen LogP contribution in [0.25, 0.3) is 0 Å². The van der Waals surface area contributed by atoms with Gasteiger partial charge >= 0.3 is 5.97 Å². The molecule has 0 saturated carbocycles. The van der Waals surface area contributed by atoms with E-state index in [4.69, 9.17) is 5.11 Å². The summed E-state index contributed by atoms with van der Waals surface area (Å²) in [6.07, 6.45) is 0.383. The highest BCUT2D eigenvalue weighted by Crippen LogP contribution is 2.20. The monoisotopic (exact) mass is 256 g/mol. The molecule has 5 nitrogen and oxygen atoms in total. The predicted molar refractivity (Wildman–Crippen MR) is 65.4 cm³/mol. The minimum absolute atomic E-state index is 0.276. The van der Waals surface area contributed by atoms with Crippen molar-refractivity contribution >= 4 is 23.2 Å². The van der Waals surface area contributed by atoms with Crippen molar-refractivity contribution in [2.24, 2.45) is 0 Å². The largest absolute Gasteiger partial charge is 0.480 e. The molecule has 0 aliphatic rings. The lowest BCUT2D eigenvalue weighted by molar-refractivity contribution is -0.142. The number of carbonyl (C=O) groups is 2. The highest BCUT2D eigenvalue weighted by atomic mass is 32.1. The first kappa shape index (κ1) is 13.6. The number of nitrogens with zero attached hydrogens (tertiary/aromatic N) is 2. The smallest absolute Gasteiger partial charge is 0.326 e. The summed E-state index contributed by atoms with van der Waals surface area (Å²) in [6.45, 7) is 5.32. The molecule has 1 heterocycles. The Bertz CT molecular complexity index is 442. The average molecular weight is 256 g/mol. The highest BCUT2D eigenvalue weighted by Gasteiger charge is 2.27. The molecule has 1 unspecified atom stereocenters. The van der Waals surface area contributed by atoms with E-state index in [-0.39, 0.29) is 5.91 Å². The van der Waals surface area contributed by atoms with E-state index >= 15 is 0 Å². The third kappa shape index (κ3) is 2.82. The minimum atomic E-state index is -0.984. The Balaban J connectivity index is 2.97. The van der Waals surface area contributed by atoms with E-state index in [2.05, 4.69) is 4.98 Å². The van der Waals surface area contributed by atoms with Crippen molar-refractivity contribution in [1.82, 2.24) is 9.88 Å². The maximum absolute atomic E-state index is 12.1. The van der Waals surface area contributed by atoms with Crippen molar-refractivity contribution in [2.75, 3.05) is 7.05 Å².